The maximum absolute atomic E-state index is 13.9. The van der Waals surface area contributed by atoms with Crippen molar-refractivity contribution in [3.8, 4) is 5.75 Å². The van der Waals surface area contributed by atoms with Crippen LogP contribution < -0.4 is 10.5 Å². The summed E-state index contributed by atoms with van der Waals surface area (Å²) in [5.74, 6) is -0.784. The summed E-state index contributed by atoms with van der Waals surface area (Å²) in [7, 11) is 0. The fraction of sp³-hybridized carbons (Fsp3) is 0.222. The minimum absolute atomic E-state index is 0.105. The smallest absolute Gasteiger partial charge is 0.193 e. The number of nitrogens with two attached hydrogens (primary N) is 1. The van der Waals surface area contributed by atoms with Crippen LogP contribution in [0.2, 0.25) is 0 Å². The second-order valence-corrected chi connectivity index (χ2v) is 3.09. The van der Waals surface area contributed by atoms with Crippen molar-refractivity contribution >= 4 is 22.4 Å². The molecular weight excluding hydrogens is 215 g/mol. The summed E-state index contributed by atoms with van der Waals surface area (Å²) in [5.41, 5.74) is 5.48. The molecule has 0 radical (unpaired) electrons. The van der Waals surface area contributed by atoms with Gasteiger partial charge < -0.3 is 10.5 Å². The topological polar surface area (TPSA) is 93.4 Å². The molecule has 1 heterocycles. The molecule has 7 heteroatoms. The molecule has 0 aliphatic carbocycles. The Morgan fingerprint density at radius 2 is 2.44 bits per heavy atom. The molecule has 2 rings (SSSR count). The van der Waals surface area contributed by atoms with E-state index >= 15 is 0 Å². The summed E-state index contributed by atoms with van der Waals surface area (Å²) in [6.07, 6.45) is 0. The molecule has 1 aromatic heterocycles. The van der Waals surface area contributed by atoms with Gasteiger partial charge in [-0.2, -0.15) is 5.10 Å². The monoisotopic (exact) mass is 224 g/mol. The molecule has 0 aliphatic heterocycles. The van der Waals surface area contributed by atoms with E-state index in [4.69, 9.17) is 10.5 Å². The SMILES string of the molecule is CCOc1c(N=O)cc2c(N)n[nH]c2c1F. The Hall–Kier alpha value is -2.18. The predicted molar refractivity (Wildman–Crippen MR) is 57.1 cm³/mol. The van der Waals surface area contributed by atoms with Crippen LogP contribution in [0.3, 0.4) is 0 Å². The highest BCUT2D eigenvalue weighted by atomic mass is 19.1. The van der Waals surface area contributed by atoms with E-state index in [-0.39, 0.29) is 29.4 Å². The van der Waals surface area contributed by atoms with E-state index in [9.17, 15) is 9.30 Å². The average Bonchev–Trinajstić information content (AvgIpc) is 2.64. The Labute approximate surface area is 89.6 Å². The first-order valence-corrected chi connectivity index (χ1v) is 4.61. The minimum atomic E-state index is -0.710. The Kier molecular flexibility index (Phi) is 2.43. The molecule has 0 unspecified atom stereocenters. The number of nitrogens with one attached hydrogen (secondary N) is 1. The second-order valence-electron chi connectivity index (χ2n) is 3.09. The lowest BCUT2D eigenvalue weighted by atomic mass is 10.2. The van der Waals surface area contributed by atoms with E-state index in [2.05, 4.69) is 15.4 Å². The summed E-state index contributed by atoms with van der Waals surface area (Å²) in [6, 6.07) is 1.34. The van der Waals surface area contributed by atoms with E-state index in [0.717, 1.165) is 0 Å². The van der Waals surface area contributed by atoms with Crippen LogP contribution in [0.25, 0.3) is 10.9 Å². The zero-order chi connectivity index (χ0) is 11.7. The van der Waals surface area contributed by atoms with Gasteiger partial charge in [0.25, 0.3) is 0 Å². The Bertz CT molecular complexity index is 552. The molecule has 0 spiro atoms. The third-order valence-corrected chi connectivity index (χ3v) is 2.15. The van der Waals surface area contributed by atoms with E-state index in [0.29, 0.717) is 5.39 Å². The van der Waals surface area contributed by atoms with E-state index in [1.54, 1.807) is 6.92 Å². The predicted octanol–water partition coefficient (Wildman–Crippen LogP) is 2.08. The van der Waals surface area contributed by atoms with Gasteiger partial charge in [-0.05, 0) is 18.2 Å². The summed E-state index contributed by atoms with van der Waals surface area (Å²) in [4.78, 5) is 10.6. The van der Waals surface area contributed by atoms with Crippen LogP contribution in [0.15, 0.2) is 11.2 Å². The van der Waals surface area contributed by atoms with Crippen LogP contribution >= 0.6 is 0 Å². The molecule has 0 amide bonds. The van der Waals surface area contributed by atoms with Crippen molar-refractivity contribution in [3.05, 3.63) is 16.8 Å². The van der Waals surface area contributed by atoms with Gasteiger partial charge in [0, 0.05) is 5.39 Å². The normalized spacial score (nSPS) is 10.6. The van der Waals surface area contributed by atoms with Crippen molar-refractivity contribution in [2.75, 3.05) is 12.3 Å². The third kappa shape index (κ3) is 1.37. The number of hydrogen-bond donors (Lipinski definition) is 2. The number of ether oxygens (including phenoxy) is 1. The molecule has 84 valence electrons. The molecule has 16 heavy (non-hydrogen) atoms. The maximum atomic E-state index is 13.9. The molecule has 0 aliphatic rings. The van der Waals surface area contributed by atoms with Crippen molar-refractivity contribution in [3.63, 3.8) is 0 Å². The van der Waals surface area contributed by atoms with Gasteiger partial charge in [0.1, 0.15) is 5.52 Å². The summed E-state index contributed by atoms with van der Waals surface area (Å²) in [5, 5.41) is 9.10. The fourth-order valence-corrected chi connectivity index (χ4v) is 1.46. The number of fused-ring (bicyclic) bond motifs is 1. The van der Waals surface area contributed by atoms with Crippen LogP contribution in [0.4, 0.5) is 15.9 Å². The molecule has 1 aromatic carbocycles. The lowest BCUT2D eigenvalue weighted by Gasteiger charge is -2.06. The van der Waals surface area contributed by atoms with Crippen molar-refractivity contribution in [2.45, 2.75) is 6.92 Å². The number of aromatic nitrogens is 2. The number of anilines is 1. The van der Waals surface area contributed by atoms with Gasteiger partial charge in [0.15, 0.2) is 23.1 Å². The fourth-order valence-electron chi connectivity index (χ4n) is 1.46. The highest BCUT2D eigenvalue weighted by molar-refractivity contribution is 5.93. The number of hydrogen-bond acceptors (Lipinski definition) is 5. The molecule has 0 fully saturated rings. The van der Waals surface area contributed by atoms with Crippen molar-refractivity contribution in [1.82, 2.24) is 10.2 Å². The van der Waals surface area contributed by atoms with Crippen LogP contribution in [0.5, 0.6) is 5.75 Å². The van der Waals surface area contributed by atoms with Crippen molar-refractivity contribution < 1.29 is 9.13 Å². The van der Waals surface area contributed by atoms with Gasteiger partial charge in [-0.15, -0.1) is 4.91 Å². The minimum Gasteiger partial charge on any atom is -0.488 e. The van der Waals surface area contributed by atoms with Gasteiger partial charge in [-0.3, -0.25) is 5.10 Å². The molecule has 0 bridgehead atoms. The Balaban J connectivity index is 2.78. The largest absolute Gasteiger partial charge is 0.488 e. The molecule has 0 saturated heterocycles. The molecular formula is C9H9FN4O2. The molecule has 0 atom stereocenters. The first-order valence-electron chi connectivity index (χ1n) is 4.61. The number of H-pyrrole nitrogens is 1. The molecule has 3 N–H and O–H groups in total. The van der Waals surface area contributed by atoms with E-state index < -0.39 is 5.82 Å². The average molecular weight is 224 g/mol. The quantitative estimate of drug-likeness (QED) is 0.780. The summed E-state index contributed by atoms with van der Waals surface area (Å²) >= 11 is 0. The van der Waals surface area contributed by atoms with Crippen molar-refractivity contribution in [1.29, 1.82) is 0 Å². The first kappa shape index (κ1) is 10.3. The lowest BCUT2D eigenvalue weighted by molar-refractivity contribution is 0.324. The lowest BCUT2D eigenvalue weighted by Crippen LogP contribution is -1.96. The number of benzene rings is 1. The highest BCUT2D eigenvalue weighted by Gasteiger charge is 2.18. The first-order chi connectivity index (χ1) is 7.69. The highest BCUT2D eigenvalue weighted by Crippen LogP contribution is 2.37. The van der Waals surface area contributed by atoms with E-state index in [1.807, 2.05) is 0 Å². The summed E-state index contributed by atoms with van der Waals surface area (Å²) < 4.78 is 18.9. The third-order valence-electron chi connectivity index (χ3n) is 2.15. The second kappa shape index (κ2) is 3.76. The molecule has 6 nitrogen and oxygen atoms in total. The van der Waals surface area contributed by atoms with Gasteiger partial charge in [-0.25, -0.2) is 4.39 Å². The van der Waals surface area contributed by atoms with Crippen LogP contribution in [0, 0.1) is 10.7 Å². The zero-order valence-corrected chi connectivity index (χ0v) is 8.45. The number of nitroso groups, excluding NO2 is 1. The Morgan fingerprint density at radius 1 is 1.69 bits per heavy atom. The Morgan fingerprint density at radius 3 is 3.06 bits per heavy atom. The van der Waals surface area contributed by atoms with Crippen LogP contribution in [-0.4, -0.2) is 16.8 Å². The number of halogens is 1. The zero-order valence-electron chi connectivity index (χ0n) is 8.45. The number of nitrogen functional groups attached to an aromatic ring is 1. The van der Waals surface area contributed by atoms with Crippen LogP contribution in [0.1, 0.15) is 6.92 Å². The molecule has 2 aromatic rings. The van der Waals surface area contributed by atoms with Crippen molar-refractivity contribution in [2.24, 2.45) is 5.18 Å². The van der Waals surface area contributed by atoms with Gasteiger partial charge in [0.2, 0.25) is 0 Å². The standard InChI is InChI=1S/C9H9FN4O2/c1-2-16-8-5(14-15)3-4-7(6(8)10)12-13-9(4)11/h3H,2H2,1H3,(H3,11,12,13). The van der Waals surface area contributed by atoms with E-state index in [1.165, 1.54) is 6.07 Å². The van der Waals surface area contributed by atoms with Crippen LogP contribution in [-0.2, 0) is 0 Å². The molecule has 0 saturated carbocycles. The maximum Gasteiger partial charge on any atom is 0.193 e. The van der Waals surface area contributed by atoms with Gasteiger partial charge in [0.05, 0.1) is 6.61 Å². The van der Waals surface area contributed by atoms with Gasteiger partial charge in [-0.1, -0.05) is 0 Å². The number of nitrogens with zero attached hydrogens (tertiary/aromatic N) is 2. The number of aromatic amines is 1. The number of rotatable bonds is 3. The van der Waals surface area contributed by atoms with Gasteiger partial charge >= 0.3 is 0 Å². The summed E-state index contributed by atoms with van der Waals surface area (Å²) in [6.45, 7) is 1.91.